The van der Waals surface area contributed by atoms with Crippen LogP contribution in [0, 0.1) is 6.92 Å². The molecule has 2 heterocycles. The first-order valence-corrected chi connectivity index (χ1v) is 11.4. The second kappa shape index (κ2) is 7.49. The molecule has 1 atom stereocenters. The number of benzene rings is 1. The van der Waals surface area contributed by atoms with Crippen molar-refractivity contribution >= 4 is 44.7 Å². The zero-order valence-electron chi connectivity index (χ0n) is 14.1. The molecule has 0 saturated carbocycles. The maximum Gasteiger partial charge on any atom is 0.253 e. The van der Waals surface area contributed by atoms with E-state index >= 15 is 0 Å². The molecule has 1 saturated heterocycles. The van der Waals surface area contributed by atoms with Gasteiger partial charge in [0.25, 0.3) is 10.0 Å². The van der Waals surface area contributed by atoms with E-state index in [-0.39, 0.29) is 5.91 Å². The summed E-state index contributed by atoms with van der Waals surface area (Å²) in [6.45, 7) is 2.25. The lowest BCUT2D eigenvalue weighted by molar-refractivity contribution is -0.119. The number of nitrogens with one attached hydrogen (secondary N) is 1. The standard InChI is InChI=1S/C17H20N2O3S3/c1-12-5-10-16(24-12)25(21,22)19-11-3-4-15(19)17(20)18-13-6-8-14(23-2)9-7-13/h5-10,15H,3-4,11H2,1-2H3,(H,18,20). The highest BCUT2D eigenvalue weighted by Crippen LogP contribution is 2.30. The molecule has 1 unspecified atom stereocenters. The summed E-state index contributed by atoms with van der Waals surface area (Å²) in [6.07, 6.45) is 3.21. The fraction of sp³-hybridized carbons (Fsp3) is 0.353. The number of carbonyl (C=O) groups is 1. The van der Waals surface area contributed by atoms with Crippen molar-refractivity contribution in [3.05, 3.63) is 41.3 Å². The number of hydrogen-bond donors (Lipinski definition) is 1. The lowest BCUT2D eigenvalue weighted by atomic mass is 10.2. The van der Waals surface area contributed by atoms with Crippen molar-refractivity contribution in [3.8, 4) is 0 Å². The zero-order valence-corrected chi connectivity index (χ0v) is 16.5. The summed E-state index contributed by atoms with van der Waals surface area (Å²) in [4.78, 5) is 14.7. The van der Waals surface area contributed by atoms with E-state index in [4.69, 9.17) is 0 Å². The Bertz CT molecular complexity index is 860. The van der Waals surface area contributed by atoms with Crippen LogP contribution in [-0.2, 0) is 14.8 Å². The van der Waals surface area contributed by atoms with Gasteiger partial charge in [-0.3, -0.25) is 4.79 Å². The lowest BCUT2D eigenvalue weighted by Gasteiger charge is -2.22. The van der Waals surface area contributed by atoms with E-state index < -0.39 is 16.1 Å². The number of hydrogen-bond acceptors (Lipinski definition) is 5. The first-order valence-electron chi connectivity index (χ1n) is 7.95. The Hall–Kier alpha value is -1.35. The van der Waals surface area contributed by atoms with Crippen LogP contribution in [0.5, 0.6) is 0 Å². The number of thiophene rings is 1. The average Bonchev–Trinajstić information content (AvgIpc) is 3.25. The van der Waals surface area contributed by atoms with E-state index in [1.807, 2.05) is 37.4 Å². The van der Waals surface area contributed by atoms with Crippen LogP contribution in [-0.4, -0.2) is 37.5 Å². The molecule has 0 spiro atoms. The van der Waals surface area contributed by atoms with E-state index in [0.29, 0.717) is 29.3 Å². The molecule has 0 radical (unpaired) electrons. The van der Waals surface area contributed by atoms with Gasteiger partial charge in [-0.1, -0.05) is 0 Å². The molecular weight excluding hydrogens is 376 g/mol. The fourth-order valence-electron chi connectivity index (χ4n) is 2.86. The van der Waals surface area contributed by atoms with Crippen LogP contribution in [0.1, 0.15) is 17.7 Å². The third kappa shape index (κ3) is 3.92. The van der Waals surface area contributed by atoms with E-state index in [2.05, 4.69) is 5.32 Å². The topological polar surface area (TPSA) is 66.5 Å². The molecule has 3 rings (SSSR count). The van der Waals surface area contributed by atoms with E-state index in [1.54, 1.807) is 23.9 Å². The van der Waals surface area contributed by atoms with Gasteiger partial charge in [-0.15, -0.1) is 23.1 Å². The average molecular weight is 397 g/mol. The first kappa shape index (κ1) is 18.4. The molecule has 0 aliphatic carbocycles. The minimum Gasteiger partial charge on any atom is -0.325 e. The van der Waals surface area contributed by atoms with Crippen LogP contribution in [0.25, 0.3) is 0 Å². The third-order valence-corrected chi connectivity index (χ3v) is 8.26. The van der Waals surface area contributed by atoms with Crippen LogP contribution in [0.2, 0.25) is 0 Å². The largest absolute Gasteiger partial charge is 0.325 e. The summed E-state index contributed by atoms with van der Waals surface area (Å²) in [5.74, 6) is -0.272. The second-order valence-electron chi connectivity index (χ2n) is 5.86. The number of aryl methyl sites for hydroxylation is 1. The maximum absolute atomic E-state index is 12.9. The molecular formula is C17H20N2O3S3. The third-order valence-electron chi connectivity index (χ3n) is 4.14. The monoisotopic (exact) mass is 396 g/mol. The molecule has 134 valence electrons. The summed E-state index contributed by atoms with van der Waals surface area (Å²) < 4.78 is 27.3. The summed E-state index contributed by atoms with van der Waals surface area (Å²) in [5.41, 5.74) is 0.680. The number of anilines is 1. The number of sulfonamides is 1. The maximum atomic E-state index is 12.9. The Kier molecular flexibility index (Phi) is 5.52. The van der Waals surface area contributed by atoms with E-state index in [0.717, 1.165) is 9.77 Å². The summed E-state index contributed by atoms with van der Waals surface area (Å²) >= 11 is 2.87. The molecule has 25 heavy (non-hydrogen) atoms. The Morgan fingerprint density at radius 2 is 1.96 bits per heavy atom. The fourth-order valence-corrected chi connectivity index (χ4v) is 6.33. The molecule has 8 heteroatoms. The van der Waals surface area contributed by atoms with Crippen LogP contribution < -0.4 is 5.32 Å². The van der Waals surface area contributed by atoms with Crippen LogP contribution in [0.15, 0.2) is 45.5 Å². The molecule has 5 nitrogen and oxygen atoms in total. The second-order valence-corrected chi connectivity index (χ2v) is 10.1. The van der Waals surface area contributed by atoms with Gasteiger partial charge < -0.3 is 5.32 Å². The Labute approximate surface area is 156 Å². The van der Waals surface area contributed by atoms with Crippen LogP contribution >= 0.6 is 23.1 Å². The minimum absolute atomic E-state index is 0.272. The molecule has 2 aromatic rings. The summed E-state index contributed by atoms with van der Waals surface area (Å²) in [5, 5.41) is 2.84. The Morgan fingerprint density at radius 3 is 2.56 bits per heavy atom. The normalized spacial score (nSPS) is 18.4. The predicted molar refractivity (Wildman–Crippen MR) is 103 cm³/mol. The summed E-state index contributed by atoms with van der Waals surface area (Å²) in [6, 6.07) is 10.3. The van der Waals surface area contributed by atoms with Crippen molar-refractivity contribution in [2.24, 2.45) is 0 Å². The quantitative estimate of drug-likeness (QED) is 0.785. The van der Waals surface area contributed by atoms with Crippen LogP contribution in [0.4, 0.5) is 5.69 Å². The molecule has 1 aromatic heterocycles. The smallest absolute Gasteiger partial charge is 0.253 e. The number of carbonyl (C=O) groups excluding carboxylic acids is 1. The lowest BCUT2D eigenvalue weighted by Crippen LogP contribution is -2.42. The van der Waals surface area contributed by atoms with Gasteiger partial charge >= 0.3 is 0 Å². The number of thioether (sulfide) groups is 1. The van der Waals surface area contributed by atoms with Gasteiger partial charge in [-0.05, 0) is 62.4 Å². The van der Waals surface area contributed by atoms with E-state index in [9.17, 15) is 13.2 Å². The summed E-state index contributed by atoms with van der Waals surface area (Å²) in [7, 11) is -3.63. The van der Waals surface area contributed by atoms with Gasteiger partial charge in [0.05, 0.1) is 0 Å². The van der Waals surface area contributed by atoms with Gasteiger partial charge in [0.2, 0.25) is 5.91 Å². The molecule has 1 aromatic carbocycles. The van der Waals surface area contributed by atoms with Gasteiger partial charge in [0.15, 0.2) is 0 Å². The van der Waals surface area contributed by atoms with Crippen molar-refractivity contribution < 1.29 is 13.2 Å². The first-order chi connectivity index (χ1) is 11.9. The van der Waals surface area contributed by atoms with Crippen molar-refractivity contribution in [2.75, 3.05) is 18.1 Å². The highest BCUT2D eigenvalue weighted by Gasteiger charge is 2.40. The van der Waals surface area contributed by atoms with Crippen molar-refractivity contribution in [1.82, 2.24) is 4.31 Å². The van der Waals surface area contributed by atoms with Crippen molar-refractivity contribution in [3.63, 3.8) is 0 Å². The molecule has 1 amide bonds. The van der Waals surface area contributed by atoms with E-state index in [1.165, 1.54) is 15.6 Å². The van der Waals surface area contributed by atoms with Crippen LogP contribution in [0.3, 0.4) is 0 Å². The molecule has 1 aliphatic heterocycles. The van der Waals surface area contributed by atoms with Crippen molar-refractivity contribution in [2.45, 2.75) is 34.9 Å². The van der Waals surface area contributed by atoms with Gasteiger partial charge in [-0.2, -0.15) is 4.31 Å². The minimum atomic E-state index is -3.63. The Morgan fingerprint density at radius 1 is 1.24 bits per heavy atom. The number of nitrogens with zero attached hydrogens (tertiary/aromatic N) is 1. The SMILES string of the molecule is CSc1ccc(NC(=O)C2CCCN2S(=O)(=O)c2ccc(C)s2)cc1. The highest BCUT2D eigenvalue weighted by atomic mass is 32.2. The molecule has 1 N–H and O–H groups in total. The molecule has 1 fully saturated rings. The number of rotatable bonds is 5. The molecule has 0 bridgehead atoms. The van der Waals surface area contributed by atoms with Gasteiger partial charge in [0.1, 0.15) is 10.3 Å². The highest BCUT2D eigenvalue weighted by molar-refractivity contribution is 7.98. The van der Waals surface area contributed by atoms with Gasteiger partial charge in [0, 0.05) is 22.0 Å². The number of amides is 1. The zero-order chi connectivity index (χ0) is 18.0. The predicted octanol–water partition coefficient (Wildman–Crippen LogP) is 3.57. The van der Waals surface area contributed by atoms with Crippen molar-refractivity contribution in [1.29, 1.82) is 0 Å². The molecule has 1 aliphatic rings. The Balaban J connectivity index is 1.77. The van der Waals surface area contributed by atoms with Gasteiger partial charge in [-0.25, -0.2) is 8.42 Å².